The van der Waals surface area contributed by atoms with Crippen molar-refractivity contribution in [3.8, 4) is 0 Å². The van der Waals surface area contributed by atoms with E-state index in [0.717, 1.165) is 12.3 Å². The van der Waals surface area contributed by atoms with Crippen LogP contribution in [0.4, 0.5) is 0 Å². The number of rotatable bonds is 6. The fourth-order valence-corrected chi connectivity index (χ4v) is 3.55. The molecule has 1 unspecified atom stereocenters. The predicted molar refractivity (Wildman–Crippen MR) is 85.8 cm³/mol. The second kappa shape index (κ2) is 6.94. The Morgan fingerprint density at radius 1 is 1.39 bits per heavy atom. The van der Waals surface area contributed by atoms with Crippen LogP contribution in [0.15, 0.2) is 12.1 Å². The van der Waals surface area contributed by atoms with Crippen molar-refractivity contribution in [1.82, 2.24) is 4.90 Å². The number of nitrogens with zero attached hydrogens (tertiary/aromatic N) is 1. The van der Waals surface area contributed by atoms with Crippen LogP contribution in [-0.2, 0) is 5.41 Å². The normalized spacial score (nSPS) is 14.2. The number of hydrogen-bond acceptors (Lipinski definition) is 4. The second-order valence-electron chi connectivity index (χ2n) is 5.68. The van der Waals surface area contributed by atoms with Gasteiger partial charge in [0.25, 0.3) is 0 Å². The molecule has 0 fully saturated rings. The molecular weight excluding hydrogens is 260 g/mol. The highest BCUT2D eigenvalue weighted by atomic mass is 32.2. The van der Waals surface area contributed by atoms with Gasteiger partial charge in [-0.15, -0.1) is 11.3 Å². The Bertz CT molecular complexity index is 355. The highest BCUT2D eigenvalue weighted by Crippen LogP contribution is 2.33. The smallest absolute Gasteiger partial charge is 0.0562 e. The summed E-state index contributed by atoms with van der Waals surface area (Å²) in [6.45, 7) is 8.56. The van der Waals surface area contributed by atoms with E-state index in [2.05, 4.69) is 51.1 Å². The van der Waals surface area contributed by atoms with Crippen LogP contribution in [0.5, 0.6) is 0 Å². The van der Waals surface area contributed by atoms with Gasteiger partial charge in [0.05, 0.1) is 6.04 Å². The number of thioether (sulfide) groups is 1. The van der Waals surface area contributed by atoms with Crippen LogP contribution in [0.2, 0.25) is 0 Å². The van der Waals surface area contributed by atoms with Gasteiger partial charge in [0.2, 0.25) is 0 Å². The van der Waals surface area contributed by atoms with Gasteiger partial charge in [-0.2, -0.15) is 11.8 Å². The SMILES string of the molecule is CSCCN(C)C(CN)c1ccc(C(C)(C)C)s1. The van der Waals surface area contributed by atoms with Gasteiger partial charge >= 0.3 is 0 Å². The van der Waals surface area contributed by atoms with E-state index in [1.54, 1.807) is 0 Å². The molecule has 1 heterocycles. The monoisotopic (exact) mass is 286 g/mol. The maximum atomic E-state index is 5.95. The summed E-state index contributed by atoms with van der Waals surface area (Å²) in [6, 6.07) is 4.86. The Balaban J connectivity index is 2.79. The molecule has 0 aliphatic rings. The lowest BCUT2D eigenvalue weighted by atomic mass is 9.95. The summed E-state index contributed by atoms with van der Waals surface area (Å²) in [5, 5.41) is 0. The minimum absolute atomic E-state index is 0.236. The molecule has 0 saturated heterocycles. The number of hydrogen-bond donors (Lipinski definition) is 1. The average molecular weight is 287 g/mol. The van der Waals surface area contributed by atoms with Gasteiger partial charge in [0.1, 0.15) is 0 Å². The molecule has 4 heteroatoms. The first-order valence-corrected chi connectivity index (χ1v) is 8.60. The zero-order valence-corrected chi connectivity index (χ0v) is 13.8. The van der Waals surface area contributed by atoms with Crippen LogP contribution in [0.3, 0.4) is 0 Å². The molecular formula is C14H26N2S2. The van der Waals surface area contributed by atoms with Crippen molar-refractivity contribution in [2.75, 3.05) is 32.1 Å². The molecule has 1 aromatic rings. The van der Waals surface area contributed by atoms with Gasteiger partial charge in [-0.1, -0.05) is 20.8 Å². The lowest BCUT2D eigenvalue weighted by Crippen LogP contribution is -2.31. The Labute approximate surface area is 120 Å². The number of likely N-dealkylation sites (N-methyl/N-ethyl adjacent to an activating group) is 1. The van der Waals surface area contributed by atoms with Crippen molar-refractivity contribution in [2.24, 2.45) is 5.73 Å². The van der Waals surface area contributed by atoms with E-state index in [9.17, 15) is 0 Å². The van der Waals surface area contributed by atoms with Crippen molar-refractivity contribution in [2.45, 2.75) is 32.2 Å². The molecule has 1 atom stereocenters. The minimum Gasteiger partial charge on any atom is -0.329 e. The van der Waals surface area contributed by atoms with E-state index in [1.807, 2.05) is 23.1 Å². The van der Waals surface area contributed by atoms with Crippen molar-refractivity contribution in [3.63, 3.8) is 0 Å². The van der Waals surface area contributed by atoms with E-state index in [4.69, 9.17) is 5.73 Å². The Morgan fingerprint density at radius 2 is 2.06 bits per heavy atom. The van der Waals surface area contributed by atoms with Gasteiger partial charge in [-0.3, -0.25) is 4.90 Å². The molecule has 18 heavy (non-hydrogen) atoms. The van der Waals surface area contributed by atoms with Crippen molar-refractivity contribution < 1.29 is 0 Å². The first-order valence-electron chi connectivity index (χ1n) is 6.39. The predicted octanol–water partition coefficient (Wildman–Crippen LogP) is 3.34. The summed E-state index contributed by atoms with van der Waals surface area (Å²) in [4.78, 5) is 5.20. The van der Waals surface area contributed by atoms with Crippen LogP contribution in [0, 0.1) is 0 Å². The molecule has 0 aliphatic heterocycles. The Hall–Kier alpha value is -0.0300. The number of thiophene rings is 1. The van der Waals surface area contributed by atoms with E-state index < -0.39 is 0 Å². The minimum atomic E-state index is 0.236. The number of nitrogens with two attached hydrogens (primary N) is 1. The third kappa shape index (κ3) is 4.26. The van der Waals surface area contributed by atoms with E-state index in [0.29, 0.717) is 12.6 Å². The van der Waals surface area contributed by atoms with Gasteiger partial charge in [0, 0.05) is 28.6 Å². The maximum absolute atomic E-state index is 5.95. The third-order valence-corrected chi connectivity index (χ3v) is 5.30. The second-order valence-corrected chi connectivity index (χ2v) is 7.78. The molecule has 2 N–H and O–H groups in total. The van der Waals surface area contributed by atoms with Crippen LogP contribution < -0.4 is 5.73 Å². The quantitative estimate of drug-likeness (QED) is 0.869. The third-order valence-electron chi connectivity index (χ3n) is 3.10. The molecule has 0 aliphatic carbocycles. The Morgan fingerprint density at radius 3 is 2.50 bits per heavy atom. The van der Waals surface area contributed by atoms with E-state index >= 15 is 0 Å². The highest BCUT2D eigenvalue weighted by molar-refractivity contribution is 7.98. The topological polar surface area (TPSA) is 29.3 Å². The molecule has 1 aromatic heterocycles. The van der Waals surface area contributed by atoms with Crippen LogP contribution in [-0.4, -0.2) is 37.0 Å². The summed E-state index contributed by atoms with van der Waals surface area (Å²) in [5.41, 5.74) is 6.19. The van der Waals surface area contributed by atoms with Gasteiger partial charge in [-0.25, -0.2) is 0 Å². The summed E-state index contributed by atoms with van der Waals surface area (Å²) >= 11 is 3.79. The van der Waals surface area contributed by atoms with Crippen LogP contribution in [0.1, 0.15) is 36.6 Å². The van der Waals surface area contributed by atoms with Crippen molar-refractivity contribution in [3.05, 3.63) is 21.9 Å². The fourth-order valence-electron chi connectivity index (χ4n) is 1.84. The summed E-state index contributed by atoms with van der Waals surface area (Å²) in [5.74, 6) is 1.16. The molecule has 0 radical (unpaired) electrons. The Kier molecular flexibility index (Phi) is 6.18. The molecule has 104 valence electrons. The molecule has 0 amide bonds. The van der Waals surface area contributed by atoms with Crippen LogP contribution in [0.25, 0.3) is 0 Å². The lowest BCUT2D eigenvalue weighted by molar-refractivity contribution is 0.269. The van der Waals surface area contributed by atoms with Gasteiger partial charge < -0.3 is 5.73 Å². The molecule has 0 saturated carbocycles. The lowest BCUT2D eigenvalue weighted by Gasteiger charge is -2.26. The summed E-state index contributed by atoms with van der Waals surface area (Å²) in [6.07, 6.45) is 2.15. The fraction of sp³-hybridized carbons (Fsp3) is 0.714. The highest BCUT2D eigenvalue weighted by Gasteiger charge is 2.21. The molecule has 0 aromatic carbocycles. The van der Waals surface area contributed by atoms with Crippen LogP contribution >= 0.6 is 23.1 Å². The van der Waals surface area contributed by atoms with E-state index in [-0.39, 0.29) is 5.41 Å². The molecule has 0 bridgehead atoms. The maximum Gasteiger partial charge on any atom is 0.0562 e. The van der Waals surface area contributed by atoms with Gasteiger partial charge in [-0.05, 0) is 30.9 Å². The van der Waals surface area contributed by atoms with Crippen molar-refractivity contribution in [1.29, 1.82) is 0 Å². The molecule has 0 spiro atoms. The average Bonchev–Trinajstić information content (AvgIpc) is 2.76. The zero-order valence-electron chi connectivity index (χ0n) is 12.2. The van der Waals surface area contributed by atoms with E-state index in [1.165, 1.54) is 9.75 Å². The standard InChI is InChI=1S/C14H26N2S2/c1-14(2,3)13-7-6-12(18-13)11(10-15)16(4)8-9-17-5/h6-7,11H,8-10,15H2,1-5H3. The van der Waals surface area contributed by atoms with Gasteiger partial charge in [0.15, 0.2) is 0 Å². The largest absolute Gasteiger partial charge is 0.329 e. The first-order chi connectivity index (χ1) is 8.40. The summed E-state index contributed by atoms with van der Waals surface area (Å²) in [7, 11) is 2.17. The summed E-state index contributed by atoms with van der Waals surface area (Å²) < 4.78 is 0. The first kappa shape index (κ1) is 16.0. The van der Waals surface area contributed by atoms with Crippen molar-refractivity contribution >= 4 is 23.1 Å². The molecule has 1 rings (SSSR count). The zero-order chi connectivity index (χ0) is 13.8. The molecule has 2 nitrogen and oxygen atoms in total.